The van der Waals surface area contributed by atoms with E-state index in [1.807, 2.05) is 19.1 Å². The number of aromatic nitrogens is 2. The van der Waals surface area contributed by atoms with Crippen LogP contribution in [0, 0.1) is 6.92 Å². The molecule has 7 aromatic carbocycles. The quantitative estimate of drug-likeness (QED) is 0.167. The van der Waals surface area contributed by atoms with E-state index in [9.17, 15) is 10.2 Å². The highest BCUT2D eigenvalue weighted by Gasteiger charge is 2.35. The Morgan fingerprint density at radius 2 is 1.15 bits per heavy atom. The molecule has 1 aliphatic carbocycles. The number of aryl methyl sites for hydroxylation is 1. The summed E-state index contributed by atoms with van der Waals surface area (Å²) in [4.78, 5) is 5.29. The van der Waals surface area contributed by atoms with Gasteiger partial charge in [-0.2, -0.15) is 0 Å². The predicted molar refractivity (Wildman–Crippen MR) is 233 cm³/mol. The molecule has 2 heterocycles. The van der Waals surface area contributed by atoms with Gasteiger partial charge in [0.1, 0.15) is 19.3 Å². The van der Waals surface area contributed by atoms with Gasteiger partial charge in [0.2, 0.25) is 0 Å². The minimum atomic E-state index is -1.83. The van der Waals surface area contributed by atoms with Gasteiger partial charge in [0, 0.05) is 53.2 Å². The number of rotatable bonds is 6. The molecule has 0 saturated carbocycles. The zero-order valence-corrected chi connectivity index (χ0v) is 31.6. The maximum atomic E-state index is 11.6. The lowest BCUT2D eigenvalue weighted by Gasteiger charge is -2.43. The summed E-state index contributed by atoms with van der Waals surface area (Å²) in [5, 5.41) is 26.7. The van der Waals surface area contributed by atoms with Gasteiger partial charge in [-0.15, -0.1) is 10.0 Å². The lowest BCUT2D eigenvalue weighted by Crippen LogP contribution is -2.08. The van der Waals surface area contributed by atoms with Crippen molar-refractivity contribution < 1.29 is 10.2 Å². The fourth-order valence-corrected chi connectivity index (χ4v) is 12.9. The van der Waals surface area contributed by atoms with E-state index >= 15 is 0 Å². The lowest BCUT2D eigenvalue weighted by molar-refractivity contribution is 0.459. The van der Waals surface area contributed by atoms with Crippen LogP contribution in [0.3, 0.4) is 0 Å². The molecule has 55 heavy (non-hydrogen) atoms. The van der Waals surface area contributed by atoms with Gasteiger partial charge in [-0.3, -0.25) is 0 Å². The molecule has 0 radical (unpaired) electrons. The summed E-state index contributed by atoms with van der Waals surface area (Å²) in [7, 11) is -0.0556. The highest BCUT2D eigenvalue weighted by molar-refractivity contribution is 8.37. The first-order valence-corrected chi connectivity index (χ1v) is 20.5. The predicted octanol–water partition coefficient (Wildman–Crippen LogP) is 11.4. The van der Waals surface area contributed by atoms with Crippen LogP contribution in [0.15, 0.2) is 189 Å². The second-order valence-corrected chi connectivity index (χ2v) is 17.5. The van der Waals surface area contributed by atoms with Crippen LogP contribution in [0.2, 0.25) is 0 Å². The molecule has 0 bridgehead atoms. The van der Waals surface area contributed by atoms with Crippen molar-refractivity contribution in [2.45, 2.75) is 34.5 Å². The molecule has 0 unspecified atom stereocenters. The van der Waals surface area contributed by atoms with Gasteiger partial charge in [-0.25, -0.2) is 0 Å². The number of hydrogen-bond donors (Lipinski definition) is 2. The van der Waals surface area contributed by atoms with Crippen molar-refractivity contribution in [2.75, 3.05) is 0 Å². The fraction of sp³-hybridized carbons (Fsp3) is 0.0612. The third kappa shape index (κ3) is 4.88. The Hall–Kier alpha value is -6.37. The third-order valence-corrected chi connectivity index (χ3v) is 15.3. The first-order chi connectivity index (χ1) is 27.0. The monoisotopic (exact) mass is 730 g/mol. The molecule has 266 valence electrons. The first-order valence-electron chi connectivity index (χ1n) is 18.9. The Kier molecular flexibility index (Phi) is 7.79. The average Bonchev–Trinajstić information content (AvgIpc) is 3.77. The van der Waals surface area contributed by atoms with Crippen molar-refractivity contribution in [1.82, 2.24) is 9.13 Å². The van der Waals surface area contributed by atoms with Crippen LogP contribution < -0.4 is 5.46 Å². The Labute approximate surface area is 322 Å². The van der Waals surface area contributed by atoms with Crippen LogP contribution in [0.5, 0.6) is 11.5 Å². The number of allylic oxidation sites excluding steroid dienone is 3. The van der Waals surface area contributed by atoms with Crippen molar-refractivity contribution in [3.63, 3.8) is 0 Å². The van der Waals surface area contributed by atoms with Crippen molar-refractivity contribution in [3.05, 3.63) is 180 Å². The largest absolute Gasteiger partial charge is 0.508 e. The number of phenolic OH excluding ortho intramolecular Hbond substituents is 2. The molecule has 0 amide bonds. The molecule has 0 fully saturated rings. The molecule has 4 nitrogen and oxygen atoms in total. The molecule has 2 N–H and O–H groups in total. The minimum Gasteiger partial charge on any atom is -0.508 e. The van der Waals surface area contributed by atoms with Gasteiger partial charge in [-0.05, 0) is 103 Å². The number of fused-ring (bicyclic) bond motifs is 6. The van der Waals surface area contributed by atoms with Gasteiger partial charge in [-0.1, -0.05) is 97.1 Å². The van der Waals surface area contributed by atoms with Gasteiger partial charge >= 0.3 is 0 Å². The van der Waals surface area contributed by atoms with Crippen LogP contribution in [0.1, 0.15) is 18.4 Å². The Bertz CT molecular complexity index is 2990. The molecule has 6 heteroatoms. The van der Waals surface area contributed by atoms with E-state index in [0.29, 0.717) is 11.0 Å². The van der Waals surface area contributed by atoms with E-state index in [1.165, 1.54) is 19.6 Å². The van der Waals surface area contributed by atoms with E-state index in [2.05, 4.69) is 167 Å². The van der Waals surface area contributed by atoms with Gasteiger partial charge < -0.3 is 19.3 Å². The number of para-hydroxylation sites is 2. The molecule has 9 aromatic rings. The summed E-state index contributed by atoms with van der Waals surface area (Å²) in [6.07, 6.45) is 9.24. The number of aromatic hydroxyl groups is 2. The van der Waals surface area contributed by atoms with E-state index < -0.39 is 10.0 Å². The summed E-state index contributed by atoms with van der Waals surface area (Å²) in [5.41, 5.74) is 7.22. The number of nitrogens with zero attached hydrogens (tertiary/aromatic N) is 2. The van der Waals surface area contributed by atoms with E-state index in [0.717, 1.165) is 67.9 Å². The van der Waals surface area contributed by atoms with Crippen molar-refractivity contribution in [1.29, 1.82) is 0 Å². The first kappa shape index (κ1) is 33.2. The van der Waals surface area contributed by atoms with Crippen LogP contribution in [0.25, 0.3) is 55.0 Å². The smallest absolute Gasteiger partial charge is 0.149 e. The fourth-order valence-electron chi connectivity index (χ4n) is 8.87. The maximum Gasteiger partial charge on any atom is 0.149 e. The van der Waals surface area contributed by atoms with Crippen molar-refractivity contribution in [3.8, 4) is 22.9 Å². The molecule has 2 aromatic heterocycles. The Balaban J connectivity index is 1.24. The topological polar surface area (TPSA) is 50.3 Å². The molecule has 0 atom stereocenters. The number of phenols is 2. The van der Waals surface area contributed by atoms with E-state index in [-0.39, 0.29) is 11.5 Å². The second-order valence-electron chi connectivity index (χ2n) is 14.4. The molecule has 0 spiro atoms. The summed E-state index contributed by atoms with van der Waals surface area (Å²) in [6, 6.07) is 54.8. The van der Waals surface area contributed by atoms with Crippen LogP contribution >= 0.6 is 10.0 Å². The van der Waals surface area contributed by atoms with E-state index in [1.54, 1.807) is 7.85 Å². The summed E-state index contributed by atoms with van der Waals surface area (Å²) in [6.45, 7) is 1.93. The zero-order chi connectivity index (χ0) is 37.3. The summed E-state index contributed by atoms with van der Waals surface area (Å²) < 4.78 is 4.55. The highest BCUT2D eigenvalue weighted by atomic mass is 32.3. The summed E-state index contributed by atoms with van der Waals surface area (Å²) >= 11 is 0. The Morgan fingerprint density at radius 1 is 0.545 bits per heavy atom. The molecule has 0 aliphatic heterocycles. The molecule has 10 rings (SSSR count). The van der Waals surface area contributed by atoms with Crippen molar-refractivity contribution >= 4 is 66.9 Å². The second kappa shape index (κ2) is 12.9. The SMILES string of the molecule is Bc1c(O)c(C)c2c3ccccc3n(-c3ccc4c(c3)c3ccccc3n4-c3cccc(S(C4=CCCC=C4)(c4ccccc4)c4ccccc4)c3)c2c1O. The van der Waals surface area contributed by atoms with Crippen LogP contribution in [0.4, 0.5) is 0 Å². The highest BCUT2D eigenvalue weighted by Crippen LogP contribution is 2.74. The lowest BCUT2D eigenvalue weighted by atomic mass is 9.89. The van der Waals surface area contributed by atoms with Crippen molar-refractivity contribution in [2.24, 2.45) is 0 Å². The normalized spacial score (nSPS) is 13.6. The molecule has 1 aliphatic rings. The van der Waals surface area contributed by atoms with Gasteiger partial charge in [0.25, 0.3) is 0 Å². The van der Waals surface area contributed by atoms with Gasteiger partial charge in [0.15, 0.2) is 0 Å². The van der Waals surface area contributed by atoms with E-state index in [4.69, 9.17) is 0 Å². The maximum absolute atomic E-state index is 11.6. The standard InChI is InChI=1S/C49H39BN2O2S/c1-32-45-40-25-12-14-27-43(40)52(47(45)49(54)46(50)48(32)53)34-28-29-44-41(31-34)39-24-11-13-26-42(39)51(44)33-16-15-23-38(30-33)55(35-17-5-2-6-18-35,36-19-7-3-8-20-36)37-21-9-4-10-22-37/h2-3,5-9,11-31,53-54H,4,10,50H2,1H3. The molecular formula is C49H39BN2O2S. The van der Waals surface area contributed by atoms with Crippen LogP contribution in [-0.2, 0) is 0 Å². The zero-order valence-electron chi connectivity index (χ0n) is 30.8. The summed E-state index contributed by atoms with van der Waals surface area (Å²) in [5.74, 6) is 0.231. The molecule has 0 saturated heterocycles. The Morgan fingerprint density at radius 3 is 1.84 bits per heavy atom. The minimum absolute atomic E-state index is 0.0966. The molecular weight excluding hydrogens is 691 g/mol. The van der Waals surface area contributed by atoms with Gasteiger partial charge in [0.05, 0.1) is 22.1 Å². The number of benzene rings is 7. The number of hydrogen-bond acceptors (Lipinski definition) is 2. The van der Waals surface area contributed by atoms with Crippen LogP contribution in [-0.4, -0.2) is 27.2 Å². The third-order valence-electron chi connectivity index (χ3n) is 11.4. The average molecular weight is 731 g/mol.